The maximum absolute atomic E-state index is 12.5. The Bertz CT molecular complexity index is 948. The molecule has 1 amide bonds. The molecule has 27 heavy (non-hydrogen) atoms. The molecule has 0 atom stereocenters. The fourth-order valence-electron chi connectivity index (χ4n) is 3.02. The molecule has 1 N–H and O–H groups in total. The number of sulfonamides is 1. The molecule has 0 spiro atoms. The van der Waals surface area contributed by atoms with Gasteiger partial charge < -0.3 is 5.32 Å². The van der Waals surface area contributed by atoms with Gasteiger partial charge in [0, 0.05) is 23.7 Å². The van der Waals surface area contributed by atoms with Crippen molar-refractivity contribution in [2.75, 3.05) is 23.1 Å². The van der Waals surface area contributed by atoms with Crippen LogP contribution in [-0.2, 0) is 16.4 Å². The Balaban J connectivity index is 1.70. The maximum atomic E-state index is 12.5. The van der Waals surface area contributed by atoms with E-state index < -0.39 is 10.0 Å². The van der Waals surface area contributed by atoms with Gasteiger partial charge in [0.15, 0.2) is 0 Å². The van der Waals surface area contributed by atoms with Gasteiger partial charge in [-0.3, -0.25) is 9.10 Å². The number of hydrogen-bond acceptors (Lipinski definition) is 3. The molecule has 0 unspecified atom stereocenters. The molecular formula is C19H20Cl2N2O3S. The molecule has 1 fully saturated rings. The van der Waals surface area contributed by atoms with Gasteiger partial charge in [0.2, 0.25) is 10.0 Å². The van der Waals surface area contributed by atoms with Crippen LogP contribution in [0.1, 0.15) is 28.8 Å². The molecule has 3 rings (SSSR count). The van der Waals surface area contributed by atoms with Crippen molar-refractivity contribution < 1.29 is 13.2 Å². The quantitative estimate of drug-likeness (QED) is 0.787. The minimum atomic E-state index is -3.39. The predicted molar refractivity (Wildman–Crippen MR) is 109 cm³/mol. The van der Waals surface area contributed by atoms with E-state index in [9.17, 15) is 13.2 Å². The maximum Gasteiger partial charge on any atom is 0.251 e. The third-order valence-corrected chi connectivity index (χ3v) is 6.82. The number of carbonyl (C=O) groups excluding carboxylic acids is 1. The SMILES string of the molecule is O=C(NCCc1cccc(Cl)c1)c1ccc(Cl)c(N2CCCCS2(=O)=O)c1. The highest BCUT2D eigenvalue weighted by molar-refractivity contribution is 7.92. The van der Waals surface area contributed by atoms with Crippen LogP contribution in [0.3, 0.4) is 0 Å². The Morgan fingerprint density at radius 3 is 2.67 bits per heavy atom. The summed E-state index contributed by atoms with van der Waals surface area (Å²) in [5.74, 6) is -0.177. The molecule has 0 radical (unpaired) electrons. The standard InChI is InChI=1S/C19H20Cl2N2O3S/c20-16-5-3-4-14(12-16)8-9-22-19(24)15-6-7-17(21)18(13-15)23-10-1-2-11-27(23,25)26/h3-7,12-13H,1-2,8-11H2,(H,22,24). The third kappa shape index (κ3) is 4.94. The van der Waals surface area contributed by atoms with E-state index in [1.807, 2.05) is 18.2 Å². The highest BCUT2D eigenvalue weighted by atomic mass is 35.5. The zero-order valence-corrected chi connectivity index (χ0v) is 16.9. The van der Waals surface area contributed by atoms with E-state index in [1.54, 1.807) is 24.3 Å². The fraction of sp³-hybridized carbons (Fsp3) is 0.316. The summed E-state index contributed by atoms with van der Waals surface area (Å²) < 4.78 is 26.0. The lowest BCUT2D eigenvalue weighted by Crippen LogP contribution is -2.38. The number of hydrogen-bond donors (Lipinski definition) is 1. The van der Waals surface area contributed by atoms with Gasteiger partial charge >= 0.3 is 0 Å². The van der Waals surface area contributed by atoms with Crippen LogP contribution < -0.4 is 9.62 Å². The zero-order valence-electron chi connectivity index (χ0n) is 14.6. The van der Waals surface area contributed by atoms with Crippen molar-refractivity contribution in [3.8, 4) is 0 Å². The van der Waals surface area contributed by atoms with Gasteiger partial charge in [-0.2, -0.15) is 0 Å². The molecule has 1 saturated heterocycles. The minimum absolute atomic E-state index is 0.0966. The monoisotopic (exact) mass is 426 g/mol. The lowest BCUT2D eigenvalue weighted by molar-refractivity contribution is 0.0954. The van der Waals surface area contributed by atoms with Crippen molar-refractivity contribution in [1.82, 2.24) is 5.32 Å². The topological polar surface area (TPSA) is 66.5 Å². The van der Waals surface area contributed by atoms with E-state index in [4.69, 9.17) is 23.2 Å². The normalized spacial score (nSPS) is 16.1. The molecule has 0 saturated carbocycles. The molecule has 0 bridgehead atoms. The summed E-state index contributed by atoms with van der Waals surface area (Å²) in [6.45, 7) is 0.820. The summed E-state index contributed by atoms with van der Waals surface area (Å²) >= 11 is 12.2. The highest BCUT2D eigenvalue weighted by Crippen LogP contribution is 2.31. The van der Waals surface area contributed by atoms with Crippen LogP contribution in [-0.4, -0.2) is 33.2 Å². The fourth-order valence-corrected chi connectivity index (χ4v) is 5.15. The summed E-state index contributed by atoms with van der Waals surface area (Å²) in [6.07, 6.45) is 2.05. The Morgan fingerprint density at radius 2 is 1.93 bits per heavy atom. The van der Waals surface area contributed by atoms with Crippen molar-refractivity contribution in [2.24, 2.45) is 0 Å². The minimum Gasteiger partial charge on any atom is -0.352 e. The van der Waals surface area contributed by atoms with Gasteiger partial charge in [0.05, 0.1) is 16.5 Å². The van der Waals surface area contributed by atoms with Gasteiger partial charge in [0.25, 0.3) is 5.91 Å². The highest BCUT2D eigenvalue weighted by Gasteiger charge is 2.28. The van der Waals surface area contributed by atoms with Gasteiger partial charge in [-0.05, 0) is 55.2 Å². The van der Waals surface area contributed by atoms with Crippen molar-refractivity contribution in [2.45, 2.75) is 19.3 Å². The number of nitrogens with zero attached hydrogens (tertiary/aromatic N) is 1. The number of nitrogens with one attached hydrogen (secondary N) is 1. The molecule has 2 aromatic carbocycles. The second kappa shape index (κ2) is 8.50. The Labute approximate surface area is 169 Å². The summed E-state index contributed by atoms with van der Waals surface area (Å²) in [6, 6.07) is 12.2. The number of anilines is 1. The first-order valence-corrected chi connectivity index (χ1v) is 11.1. The Morgan fingerprint density at radius 1 is 1.11 bits per heavy atom. The van der Waals surface area contributed by atoms with Gasteiger partial charge in [-0.25, -0.2) is 8.42 Å². The second-order valence-corrected chi connectivity index (χ2v) is 9.25. The average Bonchev–Trinajstić information content (AvgIpc) is 2.62. The van der Waals surface area contributed by atoms with Crippen LogP contribution in [0.25, 0.3) is 0 Å². The zero-order chi connectivity index (χ0) is 19.4. The van der Waals surface area contributed by atoms with Crippen molar-refractivity contribution in [3.63, 3.8) is 0 Å². The van der Waals surface area contributed by atoms with E-state index in [-0.39, 0.29) is 11.7 Å². The Kier molecular flexibility index (Phi) is 6.29. The first kappa shape index (κ1) is 20.0. The third-order valence-electron chi connectivity index (χ3n) is 4.41. The molecule has 0 aromatic heterocycles. The molecule has 144 valence electrons. The van der Waals surface area contributed by atoms with E-state index >= 15 is 0 Å². The van der Waals surface area contributed by atoms with Crippen molar-refractivity contribution in [3.05, 3.63) is 63.6 Å². The first-order valence-electron chi connectivity index (χ1n) is 8.69. The van der Waals surface area contributed by atoms with Crippen LogP contribution in [0, 0.1) is 0 Å². The number of rotatable bonds is 5. The largest absolute Gasteiger partial charge is 0.352 e. The van der Waals surface area contributed by atoms with Gasteiger partial charge in [-0.15, -0.1) is 0 Å². The molecular weight excluding hydrogens is 407 g/mol. The lowest BCUT2D eigenvalue weighted by atomic mass is 10.1. The number of benzene rings is 2. The van der Waals surface area contributed by atoms with Crippen LogP contribution in [0.5, 0.6) is 0 Å². The lowest BCUT2D eigenvalue weighted by Gasteiger charge is -2.29. The Hall–Kier alpha value is -1.76. The molecule has 1 heterocycles. The van der Waals surface area contributed by atoms with Gasteiger partial charge in [0.1, 0.15) is 0 Å². The van der Waals surface area contributed by atoms with E-state index in [2.05, 4.69) is 5.32 Å². The molecule has 1 aliphatic heterocycles. The average molecular weight is 427 g/mol. The summed E-state index contributed by atoms with van der Waals surface area (Å²) in [5.41, 5.74) is 1.76. The number of amides is 1. The van der Waals surface area contributed by atoms with Crippen LogP contribution in [0.4, 0.5) is 5.69 Å². The van der Waals surface area contributed by atoms with Gasteiger partial charge in [-0.1, -0.05) is 35.3 Å². The summed E-state index contributed by atoms with van der Waals surface area (Å²) in [7, 11) is -3.39. The van der Waals surface area contributed by atoms with Crippen LogP contribution >= 0.6 is 23.2 Å². The van der Waals surface area contributed by atoms with E-state index in [0.717, 1.165) is 12.0 Å². The predicted octanol–water partition coefficient (Wildman–Crippen LogP) is 3.90. The number of carbonyl (C=O) groups is 1. The summed E-state index contributed by atoms with van der Waals surface area (Å²) in [5, 5.41) is 3.82. The first-order chi connectivity index (χ1) is 12.9. The van der Waals surface area contributed by atoms with Crippen molar-refractivity contribution in [1.29, 1.82) is 0 Å². The van der Waals surface area contributed by atoms with Crippen molar-refractivity contribution >= 4 is 44.8 Å². The molecule has 8 heteroatoms. The van der Waals surface area contributed by atoms with Crippen LogP contribution in [0.2, 0.25) is 10.0 Å². The molecule has 0 aliphatic carbocycles. The smallest absolute Gasteiger partial charge is 0.251 e. The van der Waals surface area contributed by atoms with Crippen LogP contribution in [0.15, 0.2) is 42.5 Å². The summed E-state index contributed by atoms with van der Waals surface area (Å²) in [4.78, 5) is 12.5. The number of halogens is 2. The molecule has 2 aromatic rings. The second-order valence-electron chi connectivity index (χ2n) is 6.40. The molecule has 5 nitrogen and oxygen atoms in total. The molecule has 1 aliphatic rings. The van der Waals surface area contributed by atoms with E-state index in [1.165, 1.54) is 4.31 Å². The van der Waals surface area contributed by atoms with E-state index in [0.29, 0.717) is 47.2 Å².